The van der Waals surface area contributed by atoms with E-state index in [1.807, 2.05) is 85.3 Å². The highest BCUT2D eigenvalue weighted by molar-refractivity contribution is 5.99. The Labute approximate surface area is 219 Å². The second-order valence-electron chi connectivity index (χ2n) is 9.93. The van der Waals surface area contributed by atoms with Gasteiger partial charge in [-0.2, -0.15) is 0 Å². The Hall–Kier alpha value is -4.19. The molecule has 37 heavy (non-hydrogen) atoms. The second-order valence-corrected chi connectivity index (χ2v) is 9.93. The fraction of sp³-hybridized carbons (Fsp3) is 0.258. The van der Waals surface area contributed by atoms with Crippen molar-refractivity contribution >= 4 is 17.8 Å². The van der Waals surface area contributed by atoms with Crippen LogP contribution in [0.3, 0.4) is 0 Å². The summed E-state index contributed by atoms with van der Waals surface area (Å²) in [6, 6.07) is 27.2. The molecule has 6 heteroatoms. The van der Waals surface area contributed by atoms with Crippen LogP contribution in [0.4, 0.5) is 5.95 Å². The van der Waals surface area contributed by atoms with E-state index in [0.29, 0.717) is 24.0 Å². The maximum Gasteiger partial charge on any atom is 0.254 e. The molecule has 0 unspecified atom stereocenters. The van der Waals surface area contributed by atoms with Crippen molar-refractivity contribution in [2.75, 3.05) is 18.4 Å². The molecule has 6 nitrogen and oxygen atoms in total. The largest absolute Gasteiger partial charge is 0.329 e. The van der Waals surface area contributed by atoms with Gasteiger partial charge in [-0.15, -0.1) is 0 Å². The quantitative estimate of drug-likeness (QED) is 0.293. The minimum Gasteiger partial charge on any atom is -0.329 e. The number of aromatic nitrogens is 2. The lowest BCUT2D eigenvalue weighted by Crippen LogP contribution is -2.40. The number of rotatable bonds is 9. The van der Waals surface area contributed by atoms with Gasteiger partial charge in [0.1, 0.15) is 6.54 Å². The van der Waals surface area contributed by atoms with E-state index in [9.17, 15) is 9.59 Å². The normalized spacial score (nSPS) is 11.1. The summed E-state index contributed by atoms with van der Waals surface area (Å²) in [5.41, 5.74) is 4.41. The summed E-state index contributed by atoms with van der Waals surface area (Å²) in [6.45, 7) is 8.79. The highest BCUT2D eigenvalue weighted by Crippen LogP contribution is 2.25. The first-order valence-corrected chi connectivity index (χ1v) is 12.7. The molecule has 0 aliphatic carbocycles. The number of nitrogens with one attached hydrogen (secondary N) is 1. The number of imidazole rings is 1. The standard InChI is InChI=1S/C31H34N4O2/c1-22(2)19-34(30(37)26-13-9-6-10-14-26)21-29(36)33-31-32-28(25-11-7-5-8-12-25)20-35(31)27-17-15-24(16-18-27)23(3)4/h5-18,20,22-23H,19,21H2,1-4H3,(H,32,33,36). The van der Waals surface area contributed by atoms with Gasteiger partial charge < -0.3 is 4.90 Å². The van der Waals surface area contributed by atoms with Crippen LogP contribution in [0, 0.1) is 5.92 Å². The zero-order chi connectivity index (χ0) is 26.4. The number of carbonyl (C=O) groups is 2. The molecule has 0 saturated heterocycles. The van der Waals surface area contributed by atoms with Gasteiger partial charge in [0.05, 0.1) is 5.69 Å². The molecular formula is C31H34N4O2. The van der Waals surface area contributed by atoms with Crippen molar-refractivity contribution in [3.05, 3.63) is 102 Å². The average Bonchev–Trinajstić information content (AvgIpc) is 3.32. The molecule has 0 atom stereocenters. The highest BCUT2D eigenvalue weighted by Gasteiger charge is 2.21. The van der Waals surface area contributed by atoms with Crippen LogP contribution in [0.25, 0.3) is 16.9 Å². The van der Waals surface area contributed by atoms with Gasteiger partial charge in [-0.1, -0.05) is 88.4 Å². The smallest absolute Gasteiger partial charge is 0.254 e. The Morgan fingerprint density at radius 1 is 0.865 bits per heavy atom. The van der Waals surface area contributed by atoms with Crippen LogP contribution in [0.15, 0.2) is 91.1 Å². The molecule has 3 aromatic carbocycles. The third kappa shape index (κ3) is 6.53. The van der Waals surface area contributed by atoms with Gasteiger partial charge in [0, 0.05) is 29.6 Å². The molecule has 0 radical (unpaired) electrons. The molecule has 4 rings (SSSR count). The van der Waals surface area contributed by atoms with Crippen LogP contribution >= 0.6 is 0 Å². The van der Waals surface area contributed by atoms with Gasteiger partial charge in [0.25, 0.3) is 5.91 Å². The minimum absolute atomic E-state index is 0.0638. The van der Waals surface area contributed by atoms with Crippen LogP contribution < -0.4 is 5.32 Å². The predicted molar refractivity (Wildman–Crippen MR) is 149 cm³/mol. The van der Waals surface area contributed by atoms with Gasteiger partial charge in [0.2, 0.25) is 11.9 Å². The van der Waals surface area contributed by atoms with E-state index in [1.54, 1.807) is 17.0 Å². The summed E-state index contributed by atoms with van der Waals surface area (Å²) in [6.07, 6.45) is 1.93. The Morgan fingerprint density at radius 3 is 2.08 bits per heavy atom. The van der Waals surface area contributed by atoms with E-state index in [-0.39, 0.29) is 24.3 Å². The lowest BCUT2D eigenvalue weighted by Gasteiger charge is -2.24. The number of benzene rings is 3. The summed E-state index contributed by atoms with van der Waals surface area (Å²) >= 11 is 0. The summed E-state index contributed by atoms with van der Waals surface area (Å²) < 4.78 is 1.89. The first-order chi connectivity index (χ1) is 17.8. The number of amides is 2. The van der Waals surface area contributed by atoms with Crippen molar-refractivity contribution in [3.63, 3.8) is 0 Å². The zero-order valence-corrected chi connectivity index (χ0v) is 21.9. The van der Waals surface area contributed by atoms with Gasteiger partial charge in [-0.05, 0) is 41.7 Å². The molecule has 1 N–H and O–H groups in total. The third-order valence-corrected chi connectivity index (χ3v) is 6.09. The van der Waals surface area contributed by atoms with Crippen LogP contribution in [0.1, 0.15) is 49.5 Å². The summed E-state index contributed by atoms with van der Waals surface area (Å²) in [5.74, 6) is 0.589. The van der Waals surface area contributed by atoms with Crippen LogP contribution in [-0.2, 0) is 4.79 Å². The Bertz CT molecular complexity index is 1330. The van der Waals surface area contributed by atoms with Crippen molar-refractivity contribution in [2.24, 2.45) is 5.92 Å². The van der Waals surface area contributed by atoms with Gasteiger partial charge in [0.15, 0.2) is 0 Å². The fourth-order valence-corrected chi connectivity index (χ4v) is 4.19. The van der Waals surface area contributed by atoms with Gasteiger partial charge in [-0.25, -0.2) is 4.98 Å². The molecule has 0 bridgehead atoms. The SMILES string of the molecule is CC(C)CN(CC(=O)Nc1nc(-c2ccccc2)cn1-c1ccc(C(C)C)cc1)C(=O)c1ccccc1. The Morgan fingerprint density at radius 2 is 1.49 bits per heavy atom. The number of carbonyl (C=O) groups excluding carboxylic acids is 2. The van der Waals surface area contributed by atoms with E-state index in [4.69, 9.17) is 4.98 Å². The molecule has 2 amide bonds. The second kappa shape index (κ2) is 11.7. The molecule has 0 aliphatic heterocycles. The molecule has 1 aromatic heterocycles. The monoisotopic (exact) mass is 494 g/mol. The lowest BCUT2D eigenvalue weighted by molar-refractivity contribution is -0.117. The molecule has 0 fully saturated rings. The van der Waals surface area contributed by atoms with E-state index in [2.05, 4.69) is 31.3 Å². The topological polar surface area (TPSA) is 67.2 Å². The van der Waals surface area contributed by atoms with E-state index in [0.717, 1.165) is 16.9 Å². The number of hydrogen-bond acceptors (Lipinski definition) is 3. The molecule has 4 aromatic rings. The van der Waals surface area contributed by atoms with Gasteiger partial charge >= 0.3 is 0 Å². The maximum atomic E-state index is 13.3. The minimum atomic E-state index is -0.296. The van der Waals surface area contributed by atoms with Crippen LogP contribution in [0.5, 0.6) is 0 Å². The predicted octanol–water partition coefficient (Wildman–Crippen LogP) is 6.40. The van der Waals surface area contributed by atoms with Crippen LogP contribution in [0.2, 0.25) is 0 Å². The molecule has 0 saturated carbocycles. The van der Waals surface area contributed by atoms with E-state index in [1.165, 1.54) is 5.56 Å². The zero-order valence-electron chi connectivity index (χ0n) is 21.9. The summed E-state index contributed by atoms with van der Waals surface area (Å²) in [7, 11) is 0. The van der Waals surface area contributed by atoms with Crippen molar-refractivity contribution in [2.45, 2.75) is 33.6 Å². The highest BCUT2D eigenvalue weighted by atomic mass is 16.2. The number of anilines is 1. The molecular weight excluding hydrogens is 460 g/mol. The van der Waals surface area contributed by atoms with Crippen molar-refractivity contribution in [1.82, 2.24) is 14.5 Å². The van der Waals surface area contributed by atoms with Gasteiger partial charge in [-0.3, -0.25) is 19.5 Å². The average molecular weight is 495 g/mol. The van der Waals surface area contributed by atoms with Crippen molar-refractivity contribution in [1.29, 1.82) is 0 Å². The first kappa shape index (κ1) is 25.9. The van der Waals surface area contributed by atoms with E-state index < -0.39 is 0 Å². The Kier molecular flexibility index (Phi) is 8.18. The first-order valence-electron chi connectivity index (χ1n) is 12.7. The summed E-state index contributed by atoms with van der Waals surface area (Å²) in [4.78, 5) is 32.8. The molecule has 190 valence electrons. The van der Waals surface area contributed by atoms with Crippen molar-refractivity contribution in [3.8, 4) is 16.9 Å². The summed E-state index contributed by atoms with van der Waals surface area (Å²) in [5, 5.41) is 2.97. The lowest BCUT2D eigenvalue weighted by atomic mass is 10.0. The third-order valence-electron chi connectivity index (χ3n) is 6.09. The molecule has 0 aliphatic rings. The number of hydrogen-bond donors (Lipinski definition) is 1. The molecule has 1 heterocycles. The van der Waals surface area contributed by atoms with E-state index >= 15 is 0 Å². The fourth-order valence-electron chi connectivity index (χ4n) is 4.19. The molecule has 0 spiro atoms. The van der Waals surface area contributed by atoms with Crippen molar-refractivity contribution < 1.29 is 9.59 Å². The van der Waals surface area contributed by atoms with Crippen LogP contribution in [-0.4, -0.2) is 39.4 Å². The Balaban J connectivity index is 1.62. The maximum absolute atomic E-state index is 13.3. The number of nitrogens with zero attached hydrogens (tertiary/aromatic N) is 3.